The van der Waals surface area contributed by atoms with Gasteiger partial charge in [0.25, 0.3) is 5.91 Å². The lowest BCUT2D eigenvalue weighted by molar-refractivity contribution is -0.137. The highest BCUT2D eigenvalue weighted by Gasteiger charge is 2.31. The van der Waals surface area contributed by atoms with E-state index in [1.807, 2.05) is 6.07 Å². The van der Waals surface area contributed by atoms with Crippen molar-refractivity contribution in [1.29, 1.82) is 0 Å². The summed E-state index contributed by atoms with van der Waals surface area (Å²) in [5, 5.41) is 4.46. The molecule has 2 aromatic rings. The van der Waals surface area contributed by atoms with Gasteiger partial charge in [-0.1, -0.05) is 39.0 Å². The Morgan fingerprint density at radius 3 is 2.28 bits per heavy atom. The van der Waals surface area contributed by atoms with E-state index in [1.165, 1.54) is 12.1 Å². The van der Waals surface area contributed by atoms with Gasteiger partial charge in [0.2, 0.25) is 0 Å². The largest absolute Gasteiger partial charge is 0.416 e. The zero-order valence-electron chi connectivity index (χ0n) is 17.3. The van der Waals surface area contributed by atoms with Crippen molar-refractivity contribution >= 4 is 5.91 Å². The topological polar surface area (TPSA) is 41.4 Å². The van der Waals surface area contributed by atoms with Crippen molar-refractivity contribution < 1.29 is 18.0 Å². The highest BCUT2D eigenvalue weighted by Crippen LogP contribution is 2.30. The van der Waals surface area contributed by atoms with Gasteiger partial charge in [-0.15, -0.1) is 0 Å². The molecule has 0 radical (unpaired) electrons. The van der Waals surface area contributed by atoms with Crippen LogP contribution in [0.4, 0.5) is 13.2 Å². The van der Waals surface area contributed by atoms with Crippen LogP contribution in [0, 0.1) is 0 Å². The van der Waals surface area contributed by atoms with E-state index in [1.54, 1.807) is 22.7 Å². The molecular formula is C21H27F3N4O. The molecule has 1 aromatic carbocycles. The number of halogens is 3. The first-order valence-corrected chi connectivity index (χ1v) is 9.67. The molecule has 5 nitrogen and oxygen atoms in total. The number of benzene rings is 1. The molecular weight excluding hydrogens is 381 g/mol. The molecule has 1 aliphatic rings. The fourth-order valence-corrected chi connectivity index (χ4v) is 3.41. The van der Waals surface area contributed by atoms with E-state index < -0.39 is 11.7 Å². The minimum absolute atomic E-state index is 0.0609. The van der Waals surface area contributed by atoms with E-state index in [-0.39, 0.29) is 11.3 Å². The van der Waals surface area contributed by atoms with Crippen molar-refractivity contribution in [3.05, 3.63) is 52.8 Å². The summed E-state index contributed by atoms with van der Waals surface area (Å²) in [6.45, 7) is 8.90. The Hall–Kier alpha value is -2.35. The minimum atomic E-state index is -4.34. The molecule has 158 valence electrons. The number of piperazine rings is 1. The number of nitrogens with zero attached hydrogens (tertiary/aromatic N) is 4. The second kappa shape index (κ2) is 7.82. The van der Waals surface area contributed by atoms with E-state index in [9.17, 15) is 18.0 Å². The molecule has 2 heterocycles. The number of aromatic nitrogens is 2. The molecule has 0 bridgehead atoms. The van der Waals surface area contributed by atoms with Crippen LogP contribution in [0.3, 0.4) is 0 Å². The number of hydrogen-bond donors (Lipinski definition) is 0. The summed E-state index contributed by atoms with van der Waals surface area (Å²) >= 11 is 0. The Bertz CT molecular complexity index is 875. The van der Waals surface area contributed by atoms with Crippen molar-refractivity contribution in [2.24, 2.45) is 7.05 Å². The van der Waals surface area contributed by atoms with Gasteiger partial charge in [-0.05, 0) is 17.7 Å². The molecule has 3 rings (SSSR count). The van der Waals surface area contributed by atoms with Crippen LogP contribution in [0.2, 0.25) is 0 Å². The van der Waals surface area contributed by atoms with Gasteiger partial charge in [-0.25, -0.2) is 0 Å². The van der Waals surface area contributed by atoms with Gasteiger partial charge < -0.3 is 4.90 Å². The molecule has 1 aromatic heterocycles. The molecule has 1 fully saturated rings. The van der Waals surface area contributed by atoms with Crippen molar-refractivity contribution in [3.63, 3.8) is 0 Å². The first kappa shape index (κ1) is 21.4. The predicted octanol–water partition coefficient (Wildman–Crippen LogP) is 3.69. The lowest BCUT2D eigenvalue weighted by Gasteiger charge is -2.34. The third-order valence-corrected chi connectivity index (χ3v) is 5.19. The summed E-state index contributed by atoms with van der Waals surface area (Å²) in [5.41, 5.74) is 1.28. The fourth-order valence-electron chi connectivity index (χ4n) is 3.41. The van der Waals surface area contributed by atoms with Crippen molar-refractivity contribution in [2.75, 3.05) is 26.2 Å². The van der Waals surface area contributed by atoms with Gasteiger partial charge in [0.1, 0.15) is 5.69 Å². The maximum atomic E-state index is 12.9. The summed E-state index contributed by atoms with van der Waals surface area (Å²) in [7, 11) is 1.77. The molecule has 0 N–H and O–H groups in total. The highest BCUT2D eigenvalue weighted by molar-refractivity contribution is 5.92. The van der Waals surface area contributed by atoms with Crippen molar-refractivity contribution in [3.8, 4) is 0 Å². The van der Waals surface area contributed by atoms with Crippen LogP contribution < -0.4 is 0 Å². The third-order valence-electron chi connectivity index (χ3n) is 5.19. The van der Waals surface area contributed by atoms with Gasteiger partial charge in [-0.2, -0.15) is 18.3 Å². The molecule has 8 heteroatoms. The highest BCUT2D eigenvalue weighted by atomic mass is 19.4. The Morgan fingerprint density at radius 1 is 1.07 bits per heavy atom. The van der Waals surface area contributed by atoms with Crippen LogP contribution in [-0.4, -0.2) is 51.7 Å². The zero-order valence-corrected chi connectivity index (χ0v) is 17.3. The lowest BCUT2D eigenvalue weighted by Crippen LogP contribution is -2.48. The molecule has 1 aliphatic heterocycles. The van der Waals surface area contributed by atoms with Crippen LogP contribution in [0.1, 0.15) is 48.1 Å². The minimum Gasteiger partial charge on any atom is -0.335 e. The summed E-state index contributed by atoms with van der Waals surface area (Å²) in [5.74, 6) is -0.0609. The molecule has 0 saturated carbocycles. The maximum absolute atomic E-state index is 12.9. The quantitative estimate of drug-likeness (QED) is 0.778. The van der Waals surface area contributed by atoms with Crippen LogP contribution in [0.25, 0.3) is 0 Å². The molecule has 1 saturated heterocycles. The monoisotopic (exact) mass is 408 g/mol. The number of alkyl halides is 3. The van der Waals surface area contributed by atoms with Gasteiger partial charge in [0.15, 0.2) is 0 Å². The number of rotatable bonds is 3. The van der Waals surface area contributed by atoms with E-state index in [4.69, 9.17) is 0 Å². The SMILES string of the molecule is Cn1nc(C(C)(C)C)cc1C(=O)N1CCN(Cc2cccc(C(F)(F)F)c2)CC1. The van der Waals surface area contributed by atoms with Gasteiger partial charge in [-0.3, -0.25) is 14.4 Å². The average molecular weight is 408 g/mol. The third kappa shape index (κ3) is 4.98. The number of carbonyl (C=O) groups excluding carboxylic acids is 1. The van der Waals surface area contributed by atoms with E-state index in [2.05, 4.69) is 30.8 Å². The predicted molar refractivity (Wildman–Crippen MR) is 105 cm³/mol. The second-order valence-corrected chi connectivity index (χ2v) is 8.55. The van der Waals surface area contributed by atoms with Gasteiger partial charge in [0.05, 0.1) is 11.3 Å². The normalized spacial score (nSPS) is 16.3. The second-order valence-electron chi connectivity index (χ2n) is 8.55. The fraction of sp³-hybridized carbons (Fsp3) is 0.524. The Labute approximate surface area is 169 Å². The van der Waals surface area contributed by atoms with Crippen LogP contribution >= 0.6 is 0 Å². The number of aryl methyl sites for hydroxylation is 1. The summed E-state index contributed by atoms with van der Waals surface area (Å²) < 4.78 is 40.3. The summed E-state index contributed by atoms with van der Waals surface area (Å²) in [4.78, 5) is 16.8. The van der Waals surface area contributed by atoms with Crippen LogP contribution in [-0.2, 0) is 25.2 Å². The first-order valence-electron chi connectivity index (χ1n) is 9.67. The van der Waals surface area contributed by atoms with Gasteiger partial charge in [0, 0.05) is 45.2 Å². The molecule has 29 heavy (non-hydrogen) atoms. The lowest BCUT2D eigenvalue weighted by atomic mass is 9.92. The Balaban J connectivity index is 1.61. The molecule has 0 unspecified atom stereocenters. The smallest absolute Gasteiger partial charge is 0.335 e. The van der Waals surface area contributed by atoms with Crippen LogP contribution in [0.5, 0.6) is 0 Å². The van der Waals surface area contributed by atoms with E-state index in [0.29, 0.717) is 44.0 Å². The number of carbonyl (C=O) groups is 1. The standard InChI is InChI=1S/C21H27F3N4O/c1-20(2,3)18-13-17(26(4)25-18)19(29)28-10-8-27(9-11-28)14-15-6-5-7-16(12-15)21(22,23)24/h5-7,12-13H,8-11,14H2,1-4H3. The van der Waals surface area contributed by atoms with E-state index in [0.717, 1.165) is 11.8 Å². The maximum Gasteiger partial charge on any atom is 0.416 e. The number of hydrogen-bond acceptors (Lipinski definition) is 3. The first-order chi connectivity index (χ1) is 13.4. The molecule has 0 atom stereocenters. The molecule has 0 spiro atoms. The number of amides is 1. The zero-order chi connectivity index (χ0) is 21.4. The summed E-state index contributed by atoms with van der Waals surface area (Å²) in [6.07, 6.45) is -4.34. The molecule has 1 amide bonds. The van der Waals surface area contributed by atoms with Gasteiger partial charge >= 0.3 is 6.18 Å². The Morgan fingerprint density at radius 2 is 1.72 bits per heavy atom. The molecule has 0 aliphatic carbocycles. The van der Waals surface area contributed by atoms with Crippen molar-refractivity contribution in [1.82, 2.24) is 19.6 Å². The van der Waals surface area contributed by atoms with Crippen molar-refractivity contribution in [2.45, 2.75) is 38.9 Å². The Kier molecular flexibility index (Phi) is 5.76. The summed E-state index contributed by atoms with van der Waals surface area (Å²) in [6, 6.07) is 7.27. The van der Waals surface area contributed by atoms with Crippen LogP contribution in [0.15, 0.2) is 30.3 Å². The van der Waals surface area contributed by atoms with E-state index >= 15 is 0 Å². The average Bonchev–Trinajstić information content (AvgIpc) is 3.03.